The van der Waals surface area contributed by atoms with Gasteiger partial charge in [0.25, 0.3) is 5.91 Å². The van der Waals surface area contributed by atoms with Crippen LogP contribution in [-0.2, 0) is 10.0 Å². The van der Waals surface area contributed by atoms with E-state index < -0.39 is 10.0 Å². The minimum Gasteiger partial charge on any atom is -0.340 e. The number of hydrogen-bond acceptors (Lipinski definition) is 3. The number of likely N-dealkylation sites (N-methyl/N-ethyl adjacent to an activating group) is 1. The molecule has 1 aliphatic rings. The third-order valence-corrected chi connectivity index (χ3v) is 7.35. The first-order chi connectivity index (χ1) is 14.4. The zero-order chi connectivity index (χ0) is 21.6. The van der Waals surface area contributed by atoms with Crippen LogP contribution in [0.25, 0.3) is 0 Å². The molecule has 3 rings (SSSR count). The molecule has 162 valence electrons. The number of nitrogens with zero attached hydrogens (tertiary/aromatic N) is 1. The lowest BCUT2D eigenvalue weighted by Crippen LogP contribution is -3.06. The Bertz CT molecular complexity index is 920. The average molecular weight is 431 g/mol. The van der Waals surface area contributed by atoms with Gasteiger partial charge in [-0.15, -0.1) is 0 Å². The van der Waals surface area contributed by atoms with Crippen molar-refractivity contribution in [2.75, 3.05) is 33.7 Å². The van der Waals surface area contributed by atoms with Crippen molar-refractivity contribution in [1.29, 1.82) is 0 Å². The molecule has 0 radical (unpaired) electrons. The van der Waals surface area contributed by atoms with Gasteiger partial charge in [-0.1, -0.05) is 43.2 Å². The lowest BCUT2D eigenvalue weighted by atomic mass is 10.1. The number of carbonyl (C=O) groups is 1. The maximum Gasteiger partial charge on any atom is 0.251 e. The van der Waals surface area contributed by atoms with E-state index in [1.165, 1.54) is 4.90 Å². The van der Waals surface area contributed by atoms with E-state index in [0.29, 0.717) is 18.7 Å². The van der Waals surface area contributed by atoms with Crippen molar-refractivity contribution in [3.05, 3.63) is 65.7 Å². The number of hydrogen-bond donors (Lipinski definition) is 2. The van der Waals surface area contributed by atoms with E-state index in [1.54, 1.807) is 28.6 Å². The average Bonchev–Trinajstić information content (AvgIpc) is 3.04. The van der Waals surface area contributed by atoms with Gasteiger partial charge >= 0.3 is 0 Å². The van der Waals surface area contributed by atoms with Crippen LogP contribution in [0.2, 0.25) is 0 Å². The SMILES string of the molecule is C[NH+](C)C[C@H](NC(=O)c1ccc(S(=O)(=O)N2CCCCCC2)cc1)c1ccccc1. The molecule has 0 spiro atoms. The molecule has 7 heteroatoms. The molecule has 2 N–H and O–H groups in total. The van der Waals surface area contributed by atoms with E-state index in [9.17, 15) is 13.2 Å². The minimum absolute atomic E-state index is 0.121. The Kier molecular flexibility index (Phi) is 7.64. The van der Waals surface area contributed by atoms with Crippen LogP contribution in [0.15, 0.2) is 59.5 Å². The van der Waals surface area contributed by atoms with Crippen LogP contribution in [0.3, 0.4) is 0 Å². The lowest BCUT2D eigenvalue weighted by molar-refractivity contribution is -0.860. The van der Waals surface area contributed by atoms with Crippen molar-refractivity contribution >= 4 is 15.9 Å². The molecule has 0 saturated carbocycles. The van der Waals surface area contributed by atoms with Crippen molar-refractivity contribution in [2.45, 2.75) is 36.6 Å². The normalized spacial score (nSPS) is 16.8. The van der Waals surface area contributed by atoms with E-state index in [4.69, 9.17) is 0 Å². The predicted octanol–water partition coefficient (Wildman–Crippen LogP) is 1.87. The van der Waals surface area contributed by atoms with Crippen LogP contribution in [-0.4, -0.2) is 52.4 Å². The lowest BCUT2D eigenvalue weighted by Gasteiger charge is -2.21. The molecule has 1 amide bonds. The summed E-state index contributed by atoms with van der Waals surface area (Å²) in [7, 11) is 0.581. The van der Waals surface area contributed by atoms with Crippen molar-refractivity contribution < 1.29 is 18.1 Å². The molecule has 0 unspecified atom stereocenters. The van der Waals surface area contributed by atoms with Gasteiger partial charge in [-0.25, -0.2) is 8.42 Å². The second kappa shape index (κ2) is 10.2. The number of carbonyl (C=O) groups excluding carboxylic acids is 1. The third kappa shape index (κ3) is 5.68. The topological polar surface area (TPSA) is 70.9 Å². The van der Waals surface area contributed by atoms with Gasteiger partial charge in [0, 0.05) is 18.7 Å². The Hall–Kier alpha value is -2.22. The maximum atomic E-state index is 12.9. The fraction of sp³-hybridized carbons (Fsp3) is 0.435. The monoisotopic (exact) mass is 430 g/mol. The van der Waals surface area contributed by atoms with Gasteiger partial charge in [0.1, 0.15) is 12.6 Å². The molecule has 1 fully saturated rings. The Balaban J connectivity index is 1.73. The van der Waals surface area contributed by atoms with Gasteiger partial charge < -0.3 is 10.2 Å². The summed E-state index contributed by atoms with van der Waals surface area (Å²) in [5, 5.41) is 3.09. The van der Waals surface area contributed by atoms with E-state index in [0.717, 1.165) is 37.8 Å². The maximum absolute atomic E-state index is 12.9. The summed E-state index contributed by atoms with van der Waals surface area (Å²) < 4.78 is 27.4. The summed E-state index contributed by atoms with van der Waals surface area (Å²) in [6.45, 7) is 1.88. The van der Waals surface area contributed by atoms with E-state index >= 15 is 0 Å². The fourth-order valence-corrected chi connectivity index (χ4v) is 5.31. The van der Waals surface area contributed by atoms with Crippen LogP contribution in [0.1, 0.15) is 47.6 Å². The van der Waals surface area contributed by atoms with Gasteiger partial charge in [0.05, 0.1) is 19.0 Å². The van der Waals surface area contributed by atoms with Gasteiger partial charge in [-0.05, 0) is 42.7 Å². The molecule has 1 heterocycles. The summed E-state index contributed by atoms with van der Waals surface area (Å²) in [5.74, 6) is -0.205. The van der Waals surface area contributed by atoms with Gasteiger partial charge in [0.15, 0.2) is 0 Å². The number of quaternary nitrogens is 1. The summed E-state index contributed by atoms with van der Waals surface area (Å²) in [6, 6.07) is 16.1. The smallest absolute Gasteiger partial charge is 0.251 e. The van der Waals surface area contributed by atoms with E-state index in [1.807, 2.05) is 44.4 Å². The number of benzene rings is 2. The fourth-order valence-electron chi connectivity index (χ4n) is 3.80. The van der Waals surface area contributed by atoms with Crippen molar-refractivity contribution in [1.82, 2.24) is 9.62 Å². The molecule has 1 saturated heterocycles. The third-order valence-electron chi connectivity index (χ3n) is 5.44. The molecular formula is C23H32N3O3S+. The number of amides is 1. The second-order valence-corrected chi connectivity index (χ2v) is 10.1. The summed E-state index contributed by atoms with van der Waals surface area (Å²) in [6.07, 6.45) is 3.94. The van der Waals surface area contributed by atoms with Crippen LogP contribution >= 0.6 is 0 Å². The van der Waals surface area contributed by atoms with Crippen LogP contribution in [0, 0.1) is 0 Å². The minimum atomic E-state index is -3.51. The number of nitrogens with one attached hydrogen (secondary N) is 2. The van der Waals surface area contributed by atoms with Crippen LogP contribution in [0.4, 0.5) is 0 Å². The number of sulfonamides is 1. The highest BCUT2D eigenvalue weighted by Crippen LogP contribution is 2.21. The molecule has 30 heavy (non-hydrogen) atoms. The molecule has 0 aromatic heterocycles. The zero-order valence-corrected chi connectivity index (χ0v) is 18.6. The van der Waals surface area contributed by atoms with Crippen molar-refractivity contribution in [2.24, 2.45) is 0 Å². The molecule has 0 aliphatic carbocycles. The summed E-state index contributed by atoms with van der Waals surface area (Å²) >= 11 is 0. The zero-order valence-electron chi connectivity index (χ0n) is 17.8. The molecule has 0 bridgehead atoms. The summed E-state index contributed by atoms with van der Waals surface area (Å²) in [5.41, 5.74) is 1.51. The quantitative estimate of drug-likeness (QED) is 0.705. The van der Waals surface area contributed by atoms with E-state index in [-0.39, 0.29) is 16.8 Å². The van der Waals surface area contributed by atoms with E-state index in [2.05, 4.69) is 5.32 Å². The second-order valence-electron chi connectivity index (χ2n) is 8.19. The first-order valence-electron chi connectivity index (χ1n) is 10.6. The summed E-state index contributed by atoms with van der Waals surface area (Å²) in [4.78, 5) is 14.3. The Morgan fingerprint density at radius 2 is 1.57 bits per heavy atom. The predicted molar refractivity (Wildman–Crippen MR) is 118 cm³/mol. The largest absolute Gasteiger partial charge is 0.340 e. The highest BCUT2D eigenvalue weighted by atomic mass is 32.2. The molecule has 1 atom stereocenters. The molecular weight excluding hydrogens is 398 g/mol. The van der Waals surface area contributed by atoms with Gasteiger partial charge in [0.2, 0.25) is 10.0 Å². The molecule has 2 aromatic rings. The molecule has 1 aliphatic heterocycles. The molecule has 6 nitrogen and oxygen atoms in total. The van der Waals surface area contributed by atoms with Gasteiger partial charge in [-0.2, -0.15) is 4.31 Å². The molecule has 2 aromatic carbocycles. The standard InChI is InChI=1S/C23H31N3O3S/c1-25(2)18-22(19-10-6-5-7-11-19)24-23(27)20-12-14-21(15-13-20)30(28,29)26-16-8-3-4-9-17-26/h5-7,10-15,22H,3-4,8-9,16-18H2,1-2H3,(H,24,27)/p+1/t22-/m0/s1. The first kappa shape index (κ1) is 22.5. The van der Waals surface area contributed by atoms with Crippen molar-refractivity contribution in [3.63, 3.8) is 0 Å². The highest BCUT2D eigenvalue weighted by Gasteiger charge is 2.25. The Morgan fingerprint density at radius 3 is 2.13 bits per heavy atom. The van der Waals surface area contributed by atoms with Crippen molar-refractivity contribution in [3.8, 4) is 0 Å². The highest BCUT2D eigenvalue weighted by molar-refractivity contribution is 7.89. The van der Waals surface area contributed by atoms with Crippen LogP contribution in [0.5, 0.6) is 0 Å². The van der Waals surface area contributed by atoms with Crippen LogP contribution < -0.4 is 10.2 Å². The Labute approximate surface area is 179 Å². The number of rotatable bonds is 7. The first-order valence-corrected chi connectivity index (χ1v) is 12.1. The van der Waals surface area contributed by atoms with Gasteiger partial charge in [-0.3, -0.25) is 4.79 Å². The Morgan fingerprint density at radius 1 is 0.967 bits per heavy atom.